The van der Waals surface area contributed by atoms with Crippen LogP contribution in [0.1, 0.15) is 18.1 Å². The van der Waals surface area contributed by atoms with Crippen molar-refractivity contribution in [3.05, 3.63) is 88.7 Å². The van der Waals surface area contributed by atoms with E-state index in [0.29, 0.717) is 17.9 Å². The lowest BCUT2D eigenvalue weighted by Crippen LogP contribution is -2.47. The molecule has 34 heavy (non-hydrogen) atoms. The summed E-state index contributed by atoms with van der Waals surface area (Å²) in [6.45, 7) is 2.23. The highest BCUT2D eigenvalue weighted by Crippen LogP contribution is 2.42. The monoisotopic (exact) mass is 498 g/mol. The molecule has 5 nitrogen and oxygen atoms in total. The van der Waals surface area contributed by atoms with Gasteiger partial charge in [0.1, 0.15) is 16.8 Å². The van der Waals surface area contributed by atoms with Gasteiger partial charge in [0.05, 0.1) is 25.3 Å². The largest absolute Gasteiger partial charge is 0.496 e. The van der Waals surface area contributed by atoms with Crippen molar-refractivity contribution in [3.63, 3.8) is 0 Å². The van der Waals surface area contributed by atoms with Crippen LogP contribution in [0.4, 0.5) is 10.1 Å². The Bertz CT molecular complexity index is 1220. The molecular weight excluding hydrogens is 475 g/mol. The predicted molar refractivity (Wildman–Crippen MR) is 133 cm³/mol. The number of carbonyl (C=O) groups is 2. The van der Waals surface area contributed by atoms with E-state index in [1.807, 2.05) is 48.5 Å². The average Bonchev–Trinajstić information content (AvgIpc) is 2.85. The van der Waals surface area contributed by atoms with Gasteiger partial charge in [-0.05, 0) is 35.9 Å². The van der Waals surface area contributed by atoms with Crippen molar-refractivity contribution in [1.82, 2.24) is 5.32 Å². The van der Waals surface area contributed by atoms with Gasteiger partial charge in [-0.1, -0.05) is 54.9 Å². The van der Waals surface area contributed by atoms with Crippen LogP contribution in [0.25, 0.3) is 0 Å². The van der Waals surface area contributed by atoms with Crippen molar-refractivity contribution >= 4 is 40.9 Å². The van der Waals surface area contributed by atoms with E-state index in [0.717, 1.165) is 16.1 Å². The quantitative estimate of drug-likeness (QED) is 0.470. The number of hydrogen-bond acceptors (Lipinski definition) is 4. The number of ether oxygens (including phenoxy) is 1. The number of anilines is 1. The van der Waals surface area contributed by atoms with E-state index >= 15 is 0 Å². The maximum Gasteiger partial charge on any atom is 0.241 e. The Morgan fingerprint density at radius 1 is 1.15 bits per heavy atom. The Balaban J connectivity index is 1.54. The second kappa shape index (κ2) is 10.5. The second-order valence-electron chi connectivity index (χ2n) is 7.98. The van der Waals surface area contributed by atoms with Crippen molar-refractivity contribution in [2.75, 3.05) is 12.0 Å². The summed E-state index contributed by atoms with van der Waals surface area (Å²) in [7, 11) is 1.58. The van der Waals surface area contributed by atoms with Crippen molar-refractivity contribution in [2.24, 2.45) is 5.92 Å². The summed E-state index contributed by atoms with van der Waals surface area (Å²) < 4.78 is 18.9. The zero-order valence-electron chi connectivity index (χ0n) is 18.8. The molecule has 2 amide bonds. The predicted octanol–water partition coefficient (Wildman–Crippen LogP) is 5.45. The standard InChI is InChI=1S/C26H24ClFN2O3S/c1-16(25(31)29-14-17-7-3-5-9-22(17)33-2)24-26(32)30(21-8-4-6-10-23(21)34-24)15-18-11-12-19(28)13-20(18)27/h3-13,16,24H,14-15H2,1-2H3,(H,29,31)/t16-,24-/m0/s1. The number of rotatable bonds is 7. The smallest absolute Gasteiger partial charge is 0.241 e. The van der Waals surface area contributed by atoms with Gasteiger partial charge < -0.3 is 15.0 Å². The molecule has 1 aliphatic heterocycles. The van der Waals surface area contributed by atoms with Crippen LogP contribution in [-0.4, -0.2) is 24.2 Å². The number of nitrogens with one attached hydrogen (secondary N) is 1. The highest BCUT2D eigenvalue weighted by atomic mass is 35.5. The summed E-state index contributed by atoms with van der Waals surface area (Å²) in [6, 6.07) is 19.1. The molecule has 0 aromatic heterocycles. The molecule has 1 N–H and O–H groups in total. The van der Waals surface area contributed by atoms with Crippen LogP contribution >= 0.6 is 23.4 Å². The molecule has 0 unspecified atom stereocenters. The molecule has 0 spiro atoms. The maximum atomic E-state index is 13.6. The lowest BCUT2D eigenvalue weighted by molar-refractivity contribution is -0.128. The first-order chi connectivity index (χ1) is 16.4. The molecule has 0 radical (unpaired) electrons. The summed E-state index contributed by atoms with van der Waals surface area (Å²) in [5, 5.41) is 2.56. The topological polar surface area (TPSA) is 58.6 Å². The number of amides is 2. The van der Waals surface area contributed by atoms with Crippen LogP contribution in [-0.2, 0) is 22.7 Å². The first-order valence-corrected chi connectivity index (χ1v) is 12.1. The molecule has 0 saturated carbocycles. The second-order valence-corrected chi connectivity index (χ2v) is 9.58. The third-order valence-electron chi connectivity index (χ3n) is 5.78. The molecule has 1 aliphatic rings. The van der Waals surface area contributed by atoms with Crippen LogP contribution in [0, 0.1) is 11.7 Å². The summed E-state index contributed by atoms with van der Waals surface area (Å²) in [5.74, 6) is -0.755. The molecule has 2 atom stereocenters. The maximum absolute atomic E-state index is 13.6. The minimum atomic E-state index is -0.619. The summed E-state index contributed by atoms with van der Waals surface area (Å²) in [5.41, 5.74) is 2.23. The van der Waals surface area contributed by atoms with Gasteiger partial charge in [-0.15, -0.1) is 11.8 Å². The Hall–Kier alpha value is -3.03. The van der Waals surface area contributed by atoms with Gasteiger partial charge in [0.2, 0.25) is 11.8 Å². The number of methoxy groups -OCH3 is 1. The first kappa shape index (κ1) is 24.1. The van der Waals surface area contributed by atoms with E-state index in [1.165, 1.54) is 23.9 Å². The van der Waals surface area contributed by atoms with Crippen LogP contribution in [0.5, 0.6) is 5.75 Å². The molecule has 3 aromatic carbocycles. The number of hydrogen-bond donors (Lipinski definition) is 1. The Morgan fingerprint density at radius 3 is 2.65 bits per heavy atom. The lowest BCUT2D eigenvalue weighted by atomic mass is 10.0. The van der Waals surface area contributed by atoms with Crippen LogP contribution < -0.4 is 15.0 Å². The molecule has 8 heteroatoms. The fourth-order valence-electron chi connectivity index (χ4n) is 3.87. The minimum absolute atomic E-state index is 0.182. The highest BCUT2D eigenvalue weighted by Gasteiger charge is 2.39. The summed E-state index contributed by atoms with van der Waals surface area (Å²) >= 11 is 7.62. The van der Waals surface area contributed by atoms with Crippen LogP contribution in [0.3, 0.4) is 0 Å². The van der Waals surface area contributed by atoms with E-state index in [9.17, 15) is 14.0 Å². The van der Waals surface area contributed by atoms with Crippen molar-refractivity contribution in [1.29, 1.82) is 0 Å². The van der Waals surface area contributed by atoms with E-state index in [1.54, 1.807) is 25.0 Å². The molecule has 0 bridgehead atoms. The van der Waals surface area contributed by atoms with E-state index in [-0.39, 0.29) is 23.4 Å². The van der Waals surface area contributed by atoms with Gasteiger partial charge in [-0.2, -0.15) is 0 Å². The van der Waals surface area contributed by atoms with Gasteiger partial charge in [-0.25, -0.2) is 4.39 Å². The molecular formula is C26H24ClFN2O3S. The fraction of sp³-hybridized carbons (Fsp3) is 0.231. The number of thioether (sulfide) groups is 1. The fourth-order valence-corrected chi connectivity index (χ4v) is 5.38. The molecule has 176 valence electrons. The third kappa shape index (κ3) is 5.05. The van der Waals surface area contributed by atoms with Gasteiger partial charge in [-0.3, -0.25) is 9.59 Å². The van der Waals surface area contributed by atoms with Crippen molar-refractivity contribution in [3.8, 4) is 5.75 Å². The normalized spacial score (nSPS) is 16.1. The van der Waals surface area contributed by atoms with Crippen molar-refractivity contribution < 1.29 is 18.7 Å². The number of halogens is 2. The summed E-state index contributed by atoms with van der Waals surface area (Å²) in [4.78, 5) is 29.1. The van der Waals surface area contributed by atoms with Gasteiger partial charge >= 0.3 is 0 Å². The Labute approximate surface area is 207 Å². The number of benzene rings is 3. The summed E-state index contributed by atoms with van der Waals surface area (Å²) in [6.07, 6.45) is 0. The van der Waals surface area contributed by atoms with Gasteiger partial charge in [0.15, 0.2) is 0 Å². The Kier molecular flexibility index (Phi) is 7.44. The van der Waals surface area contributed by atoms with E-state index in [4.69, 9.17) is 16.3 Å². The molecule has 1 heterocycles. The molecule has 4 rings (SSSR count). The first-order valence-electron chi connectivity index (χ1n) is 10.8. The Morgan fingerprint density at radius 2 is 1.88 bits per heavy atom. The lowest BCUT2D eigenvalue weighted by Gasteiger charge is -2.36. The molecule has 0 saturated heterocycles. The average molecular weight is 499 g/mol. The third-order valence-corrected chi connectivity index (χ3v) is 7.59. The zero-order valence-corrected chi connectivity index (χ0v) is 20.3. The molecule has 3 aromatic rings. The van der Waals surface area contributed by atoms with Crippen molar-refractivity contribution in [2.45, 2.75) is 30.2 Å². The minimum Gasteiger partial charge on any atom is -0.496 e. The highest BCUT2D eigenvalue weighted by molar-refractivity contribution is 8.01. The van der Waals surface area contributed by atoms with E-state index in [2.05, 4.69) is 5.32 Å². The number of nitrogens with zero attached hydrogens (tertiary/aromatic N) is 1. The van der Waals surface area contributed by atoms with E-state index < -0.39 is 17.0 Å². The SMILES string of the molecule is COc1ccccc1CNC(=O)[C@@H](C)[C@@H]1Sc2ccccc2N(Cc2ccc(F)cc2Cl)C1=O. The number of fused-ring (bicyclic) bond motifs is 1. The zero-order chi connectivity index (χ0) is 24.2. The van der Waals surface area contributed by atoms with Crippen LogP contribution in [0.15, 0.2) is 71.6 Å². The molecule has 0 aliphatic carbocycles. The number of para-hydroxylation sites is 2. The van der Waals surface area contributed by atoms with Gasteiger partial charge in [0, 0.05) is 22.0 Å². The van der Waals surface area contributed by atoms with Gasteiger partial charge in [0.25, 0.3) is 0 Å². The molecule has 0 fully saturated rings. The number of carbonyl (C=O) groups excluding carboxylic acids is 2. The van der Waals surface area contributed by atoms with Crippen LogP contribution in [0.2, 0.25) is 5.02 Å².